The van der Waals surface area contributed by atoms with Crippen LogP contribution in [-0.2, 0) is 9.59 Å². The standard InChI is InChI=1S/C16H13Cl2N3O3/c17-10-2-1-3-12(6-10)19-20-15(22)8-21-13-7-11(18)4-5-14(13)24-9-16(21)23/h1-7,19H,8-9H2,(H,20,22). The molecule has 1 aliphatic heterocycles. The van der Waals surface area contributed by atoms with Crippen molar-refractivity contribution in [1.82, 2.24) is 5.43 Å². The van der Waals surface area contributed by atoms with Gasteiger partial charge in [-0.3, -0.25) is 25.3 Å². The highest BCUT2D eigenvalue weighted by molar-refractivity contribution is 6.31. The molecule has 124 valence electrons. The lowest BCUT2D eigenvalue weighted by Gasteiger charge is -2.29. The zero-order valence-electron chi connectivity index (χ0n) is 12.4. The van der Waals surface area contributed by atoms with Gasteiger partial charge in [0.05, 0.1) is 11.4 Å². The maximum Gasteiger partial charge on any atom is 0.265 e. The molecular formula is C16H13Cl2N3O3. The van der Waals surface area contributed by atoms with Gasteiger partial charge in [0.2, 0.25) is 0 Å². The number of carbonyl (C=O) groups is 2. The molecule has 0 fully saturated rings. The maximum atomic E-state index is 12.1. The number of nitrogens with zero attached hydrogens (tertiary/aromatic N) is 1. The summed E-state index contributed by atoms with van der Waals surface area (Å²) in [6.07, 6.45) is 0. The van der Waals surface area contributed by atoms with Crippen molar-refractivity contribution >= 4 is 46.4 Å². The van der Waals surface area contributed by atoms with E-state index < -0.39 is 5.91 Å². The highest BCUT2D eigenvalue weighted by Crippen LogP contribution is 2.34. The van der Waals surface area contributed by atoms with Gasteiger partial charge in [-0.05, 0) is 36.4 Å². The number of amides is 2. The van der Waals surface area contributed by atoms with Crippen LogP contribution in [0.25, 0.3) is 0 Å². The molecule has 0 spiro atoms. The molecule has 0 radical (unpaired) electrons. The van der Waals surface area contributed by atoms with Crippen LogP contribution in [0.5, 0.6) is 5.75 Å². The zero-order chi connectivity index (χ0) is 17.1. The average Bonchev–Trinajstić information content (AvgIpc) is 2.56. The monoisotopic (exact) mass is 365 g/mol. The number of hydrogen-bond acceptors (Lipinski definition) is 4. The molecule has 0 bridgehead atoms. The first-order valence-electron chi connectivity index (χ1n) is 7.06. The molecule has 0 saturated carbocycles. The van der Waals surface area contributed by atoms with Crippen LogP contribution in [-0.4, -0.2) is 25.0 Å². The van der Waals surface area contributed by atoms with Crippen molar-refractivity contribution in [2.45, 2.75) is 0 Å². The minimum absolute atomic E-state index is 0.121. The molecule has 2 N–H and O–H groups in total. The summed E-state index contributed by atoms with van der Waals surface area (Å²) in [6.45, 7) is -0.285. The first-order valence-corrected chi connectivity index (χ1v) is 7.81. The maximum absolute atomic E-state index is 12.1. The van der Waals surface area contributed by atoms with E-state index in [2.05, 4.69) is 10.9 Å². The second-order valence-corrected chi connectivity index (χ2v) is 5.94. The minimum Gasteiger partial charge on any atom is -0.482 e. The Hall–Kier alpha value is -2.44. The minimum atomic E-state index is -0.392. The van der Waals surface area contributed by atoms with Crippen molar-refractivity contribution < 1.29 is 14.3 Å². The summed E-state index contributed by atoms with van der Waals surface area (Å²) in [7, 11) is 0. The SMILES string of the molecule is O=C(CN1C(=O)COc2ccc(Cl)cc21)NNc1cccc(Cl)c1. The Balaban J connectivity index is 1.68. The predicted molar refractivity (Wildman–Crippen MR) is 92.5 cm³/mol. The Morgan fingerprint density at radius 1 is 1.17 bits per heavy atom. The molecule has 0 aromatic heterocycles. The van der Waals surface area contributed by atoms with Gasteiger partial charge in [-0.2, -0.15) is 0 Å². The van der Waals surface area contributed by atoms with Crippen LogP contribution in [0.15, 0.2) is 42.5 Å². The number of nitrogens with one attached hydrogen (secondary N) is 2. The van der Waals surface area contributed by atoms with Crippen LogP contribution in [0.2, 0.25) is 10.0 Å². The normalized spacial score (nSPS) is 13.1. The highest BCUT2D eigenvalue weighted by atomic mass is 35.5. The number of hydrogen-bond donors (Lipinski definition) is 2. The molecule has 0 aliphatic carbocycles. The van der Waals surface area contributed by atoms with E-state index in [0.717, 1.165) is 0 Å². The highest BCUT2D eigenvalue weighted by Gasteiger charge is 2.27. The molecule has 2 aromatic carbocycles. The Kier molecular flexibility index (Phi) is 4.78. The summed E-state index contributed by atoms with van der Waals surface area (Å²) in [6, 6.07) is 11.8. The van der Waals surface area contributed by atoms with Crippen LogP contribution >= 0.6 is 23.2 Å². The van der Waals surface area contributed by atoms with Gasteiger partial charge in [-0.25, -0.2) is 0 Å². The molecule has 1 aliphatic rings. The summed E-state index contributed by atoms with van der Waals surface area (Å²) in [5.41, 5.74) is 6.37. The van der Waals surface area contributed by atoms with E-state index in [1.807, 2.05) is 0 Å². The van der Waals surface area contributed by atoms with E-state index in [1.54, 1.807) is 42.5 Å². The number of anilines is 2. The number of hydrazine groups is 1. The fraction of sp³-hybridized carbons (Fsp3) is 0.125. The number of rotatable bonds is 4. The molecule has 2 amide bonds. The van der Waals surface area contributed by atoms with Gasteiger partial charge in [0.1, 0.15) is 12.3 Å². The van der Waals surface area contributed by atoms with Crippen molar-refractivity contribution in [2.75, 3.05) is 23.5 Å². The first kappa shape index (κ1) is 16.4. The summed E-state index contributed by atoms with van der Waals surface area (Å²) in [4.78, 5) is 25.5. The fourth-order valence-corrected chi connectivity index (χ4v) is 2.60. The Morgan fingerprint density at radius 3 is 2.75 bits per heavy atom. The number of carbonyl (C=O) groups excluding carboxylic acids is 2. The van der Waals surface area contributed by atoms with Crippen LogP contribution in [0.3, 0.4) is 0 Å². The Bertz CT molecular complexity index is 798. The van der Waals surface area contributed by atoms with Gasteiger partial charge in [0, 0.05) is 10.0 Å². The van der Waals surface area contributed by atoms with E-state index >= 15 is 0 Å². The average molecular weight is 366 g/mol. The lowest BCUT2D eigenvalue weighted by molar-refractivity contribution is -0.125. The van der Waals surface area contributed by atoms with E-state index in [4.69, 9.17) is 27.9 Å². The van der Waals surface area contributed by atoms with Crippen molar-refractivity contribution in [1.29, 1.82) is 0 Å². The van der Waals surface area contributed by atoms with E-state index in [1.165, 1.54) is 4.90 Å². The molecule has 1 heterocycles. The van der Waals surface area contributed by atoms with E-state index in [0.29, 0.717) is 27.2 Å². The van der Waals surface area contributed by atoms with Gasteiger partial charge >= 0.3 is 0 Å². The van der Waals surface area contributed by atoms with Gasteiger partial charge in [0.15, 0.2) is 6.61 Å². The quantitative estimate of drug-likeness (QED) is 0.817. The van der Waals surface area contributed by atoms with Crippen molar-refractivity contribution in [2.24, 2.45) is 0 Å². The van der Waals surface area contributed by atoms with Crippen LogP contribution in [0.1, 0.15) is 0 Å². The van der Waals surface area contributed by atoms with Crippen molar-refractivity contribution in [3.63, 3.8) is 0 Å². The fourth-order valence-electron chi connectivity index (χ4n) is 2.24. The number of benzene rings is 2. The summed E-state index contributed by atoms with van der Waals surface area (Å²) in [5, 5.41) is 0.996. The molecule has 3 rings (SSSR count). The smallest absolute Gasteiger partial charge is 0.265 e. The van der Waals surface area contributed by atoms with Gasteiger partial charge in [-0.1, -0.05) is 29.3 Å². The predicted octanol–water partition coefficient (Wildman–Crippen LogP) is 2.86. The van der Waals surface area contributed by atoms with Crippen molar-refractivity contribution in [3.05, 3.63) is 52.5 Å². The molecular weight excluding hydrogens is 353 g/mol. The van der Waals surface area contributed by atoms with Crippen molar-refractivity contribution in [3.8, 4) is 5.75 Å². The molecule has 6 nitrogen and oxygen atoms in total. The van der Waals surface area contributed by atoms with Gasteiger partial charge < -0.3 is 4.74 Å². The lowest BCUT2D eigenvalue weighted by Crippen LogP contribution is -2.46. The molecule has 2 aromatic rings. The zero-order valence-corrected chi connectivity index (χ0v) is 13.9. The van der Waals surface area contributed by atoms with E-state index in [9.17, 15) is 9.59 Å². The Labute approximate surface area is 148 Å². The van der Waals surface area contributed by atoms with Crippen LogP contribution < -0.4 is 20.5 Å². The molecule has 24 heavy (non-hydrogen) atoms. The molecule has 0 atom stereocenters. The molecule has 8 heteroatoms. The second-order valence-electron chi connectivity index (χ2n) is 5.06. The largest absolute Gasteiger partial charge is 0.482 e. The summed E-state index contributed by atoms with van der Waals surface area (Å²) < 4.78 is 5.33. The first-order chi connectivity index (χ1) is 11.5. The third-order valence-electron chi connectivity index (χ3n) is 3.34. The topological polar surface area (TPSA) is 70.7 Å². The number of halogens is 2. The second kappa shape index (κ2) is 6.98. The van der Waals surface area contributed by atoms with Gasteiger partial charge in [-0.15, -0.1) is 0 Å². The van der Waals surface area contributed by atoms with Crippen LogP contribution in [0, 0.1) is 0 Å². The van der Waals surface area contributed by atoms with Crippen LogP contribution in [0.4, 0.5) is 11.4 Å². The van der Waals surface area contributed by atoms with Gasteiger partial charge in [0.25, 0.3) is 11.8 Å². The lowest BCUT2D eigenvalue weighted by atomic mass is 10.2. The van der Waals surface area contributed by atoms with E-state index in [-0.39, 0.29) is 19.1 Å². The third kappa shape index (κ3) is 3.72. The summed E-state index contributed by atoms with van der Waals surface area (Å²) in [5.74, 6) is -0.201. The number of fused-ring (bicyclic) bond motifs is 1. The third-order valence-corrected chi connectivity index (χ3v) is 3.81. The molecule has 0 unspecified atom stereocenters. The Morgan fingerprint density at radius 2 is 1.96 bits per heavy atom. The number of ether oxygens (including phenoxy) is 1. The molecule has 0 saturated heterocycles. The summed E-state index contributed by atoms with van der Waals surface area (Å²) >= 11 is 11.8.